The van der Waals surface area contributed by atoms with Gasteiger partial charge in [0.05, 0.1) is 31.5 Å². The number of anilines is 1. The number of aromatic amines is 1. The largest absolute Gasteiger partial charge is 0.488 e. The Morgan fingerprint density at radius 3 is 2.47 bits per heavy atom. The molecular formula is C23H21F4N3O4. The van der Waals surface area contributed by atoms with E-state index in [1.165, 1.54) is 31.3 Å². The minimum atomic E-state index is -4.73. The molecule has 0 spiro atoms. The van der Waals surface area contributed by atoms with Gasteiger partial charge < -0.3 is 19.8 Å². The number of H-pyrrole nitrogens is 1. The lowest BCUT2D eigenvalue weighted by molar-refractivity contribution is -0.139. The molecule has 0 bridgehead atoms. The zero-order chi connectivity index (χ0) is 24.9. The van der Waals surface area contributed by atoms with Crippen molar-refractivity contribution in [2.45, 2.75) is 26.4 Å². The van der Waals surface area contributed by atoms with E-state index in [-0.39, 0.29) is 30.2 Å². The molecule has 0 unspecified atom stereocenters. The van der Waals surface area contributed by atoms with Crippen molar-refractivity contribution in [2.24, 2.45) is 0 Å². The molecule has 0 aliphatic heterocycles. The average molecular weight is 479 g/mol. The number of hydrogen-bond donors (Lipinski definition) is 2. The molecule has 34 heavy (non-hydrogen) atoms. The maximum atomic E-state index is 14.7. The standard InChI is InChI=1S/C23H21F4N3O4/c1-3-33-19-8-15(11-28-21(19)32)13-5-6-14(18(24)7-13)9-20(31)30-16-10-17(23(25,26)27)22(29-12-16)34-4-2/h5-8,10-12H,3-4,9H2,1-2H3,(H,28,32)(H,30,31). The molecule has 0 aliphatic rings. The first-order chi connectivity index (χ1) is 16.1. The van der Waals surface area contributed by atoms with E-state index < -0.39 is 41.3 Å². The number of nitrogens with zero attached hydrogens (tertiary/aromatic N) is 1. The van der Waals surface area contributed by atoms with Crippen LogP contribution in [-0.2, 0) is 17.4 Å². The van der Waals surface area contributed by atoms with E-state index in [1.54, 1.807) is 13.0 Å². The molecule has 1 aromatic carbocycles. The number of ether oxygens (including phenoxy) is 2. The molecule has 0 radical (unpaired) electrons. The van der Waals surface area contributed by atoms with Crippen LogP contribution in [-0.4, -0.2) is 29.1 Å². The van der Waals surface area contributed by atoms with Gasteiger partial charge in [-0.25, -0.2) is 9.37 Å². The van der Waals surface area contributed by atoms with E-state index >= 15 is 0 Å². The summed E-state index contributed by atoms with van der Waals surface area (Å²) in [5.41, 5.74) is -0.783. The Labute approximate surface area is 191 Å². The summed E-state index contributed by atoms with van der Waals surface area (Å²) in [7, 11) is 0. The van der Waals surface area contributed by atoms with Gasteiger partial charge in [0.1, 0.15) is 11.4 Å². The third-order valence-corrected chi connectivity index (χ3v) is 4.63. The summed E-state index contributed by atoms with van der Waals surface area (Å²) in [5, 5.41) is 2.29. The maximum Gasteiger partial charge on any atom is 0.421 e. The highest BCUT2D eigenvalue weighted by Gasteiger charge is 2.35. The molecule has 0 fully saturated rings. The summed E-state index contributed by atoms with van der Waals surface area (Å²) >= 11 is 0. The number of nitrogens with one attached hydrogen (secondary N) is 2. The van der Waals surface area contributed by atoms with Gasteiger partial charge in [0, 0.05) is 11.8 Å². The zero-order valence-corrected chi connectivity index (χ0v) is 18.3. The maximum absolute atomic E-state index is 14.7. The number of rotatable bonds is 8. The minimum absolute atomic E-state index is 0.0109. The number of hydrogen-bond acceptors (Lipinski definition) is 5. The fourth-order valence-corrected chi connectivity index (χ4v) is 3.12. The van der Waals surface area contributed by atoms with Gasteiger partial charge in [0.15, 0.2) is 5.75 Å². The van der Waals surface area contributed by atoms with Crippen molar-refractivity contribution in [2.75, 3.05) is 18.5 Å². The summed E-state index contributed by atoms with van der Waals surface area (Å²) in [6, 6.07) is 6.30. The summed E-state index contributed by atoms with van der Waals surface area (Å²) < 4.78 is 64.5. The second-order valence-corrected chi connectivity index (χ2v) is 7.05. The van der Waals surface area contributed by atoms with E-state index in [0.29, 0.717) is 17.2 Å². The quantitative estimate of drug-likeness (QED) is 0.462. The number of alkyl halides is 3. The highest BCUT2D eigenvalue weighted by Crippen LogP contribution is 2.36. The van der Waals surface area contributed by atoms with Gasteiger partial charge in [-0.15, -0.1) is 0 Å². The van der Waals surface area contributed by atoms with Crippen LogP contribution in [0.1, 0.15) is 25.0 Å². The van der Waals surface area contributed by atoms with E-state index in [1.807, 2.05) is 0 Å². The smallest absolute Gasteiger partial charge is 0.421 e. The molecule has 1 amide bonds. The van der Waals surface area contributed by atoms with Crippen LogP contribution in [0.3, 0.4) is 0 Å². The van der Waals surface area contributed by atoms with Crippen molar-refractivity contribution in [3.05, 3.63) is 70.0 Å². The second-order valence-electron chi connectivity index (χ2n) is 7.05. The molecular weight excluding hydrogens is 458 g/mol. The van der Waals surface area contributed by atoms with Gasteiger partial charge in [-0.3, -0.25) is 9.59 Å². The number of pyridine rings is 2. The molecule has 3 aromatic rings. The Bertz CT molecular complexity index is 1240. The van der Waals surface area contributed by atoms with Crippen LogP contribution in [0.4, 0.5) is 23.2 Å². The van der Waals surface area contributed by atoms with Crippen molar-refractivity contribution in [3.8, 4) is 22.8 Å². The SMILES string of the molecule is CCOc1ncc(NC(=O)Cc2ccc(-c3c[nH]c(=O)c(OCC)c3)cc2F)cc1C(F)(F)F. The second kappa shape index (κ2) is 10.4. The van der Waals surface area contributed by atoms with E-state index in [9.17, 15) is 27.2 Å². The first kappa shape index (κ1) is 24.7. The van der Waals surface area contributed by atoms with Crippen molar-refractivity contribution in [3.63, 3.8) is 0 Å². The Morgan fingerprint density at radius 2 is 1.82 bits per heavy atom. The molecule has 2 N–H and O–H groups in total. The first-order valence-corrected chi connectivity index (χ1v) is 10.3. The van der Waals surface area contributed by atoms with Crippen molar-refractivity contribution in [1.82, 2.24) is 9.97 Å². The molecule has 2 aromatic heterocycles. The van der Waals surface area contributed by atoms with Crippen LogP contribution < -0.4 is 20.3 Å². The topological polar surface area (TPSA) is 93.3 Å². The van der Waals surface area contributed by atoms with Gasteiger partial charge >= 0.3 is 6.18 Å². The lowest BCUT2D eigenvalue weighted by atomic mass is 10.0. The predicted molar refractivity (Wildman–Crippen MR) is 116 cm³/mol. The zero-order valence-electron chi connectivity index (χ0n) is 18.3. The predicted octanol–water partition coefficient (Wildman–Crippen LogP) is 4.57. The van der Waals surface area contributed by atoms with Crippen LogP contribution >= 0.6 is 0 Å². The highest BCUT2D eigenvalue weighted by atomic mass is 19.4. The van der Waals surface area contributed by atoms with Gasteiger partial charge in [-0.1, -0.05) is 12.1 Å². The molecule has 2 heterocycles. The van der Waals surface area contributed by atoms with Crippen LogP contribution in [0.15, 0.2) is 47.5 Å². The number of benzene rings is 1. The normalized spacial score (nSPS) is 11.2. The molecule has 11 heteroatoms. The summed E-state index contributed by atoms with van der Waals surface area (Å²) in [4.78, 5) is 30.2. The third kappa shape index (κ3) is 5.91. The Kier molecular flexibility index (Phi) is 7.54. The molecule has 0 atom stereocenters. The van der Waals surface area contributed by atoms with Crippen molar-refractivity contribution in [1.29, 1.82) is 0 Å². The molecule has 7 nitrogen and oxygen atoms in total. The minimum Gasteiger partial charge on any atom is -0.488 e. The molecule has 0 saturated heterocycles. The molecule has 0 aliphatic carbocycles. The van der Waals surface area contributed by atoms with E-state index in [0.717, 1.165) is 6.20 Å². The Morgan fingerprint density at radius 1 is 1.09 bits per heavy atom. The number of amides is 1. The summed E-state index contributed by atoms with van der Waals surface area (Å²) in [6.45, 7) is 3.51. The lowest BCUT2D eigenvalue weighted by Gasteiger charge is -2.14. The van der Waals surface area contributed by atoms with Crippen molar-refractivity contribution < 1.29 is 31.8 Å². The fraction of sp³-hybridized carbons (Fsp3) is 0.261. The molecule has 0 saturated carbocycles. The Hall–Kier alpha value is -3.89. The van der Waals surface area contributed by atoms with E-state index in [2.05, 4.69) is 15.3 Å². The van der Waals surface area contributed by atoms with Gasteiger partial charge in [0.2, 0.25) is 11.8 Å². The summed E-state index contributed by atoms with van der Waals surface area (Å²) in [6.07, 6.45) is -2.71. The number of aromatic nitrogens is 2. The average Bonchev–Trinajstić information content (AvgIpc) is 2.77. The van der Waals surface area contributed by atoms with Crippen molar-refractivity contribution >= 4 is 11.6 Å². The number of carbonyl (C=O) groups excluding carboxylic acids is 1. The fourth-order valence-electron chi connectivity index (χ4n) is 3.12. The highest BCUT2D eigenvalue weighted by molar-refractivity contribution is 5.92. The Balaban J connectivity index is 1.76. The first-order valence-electron chi connectivity index (χ1n) is 10.3. The van der Waals surface area contributed by atoms with E-state index in [4.69, 9.17) is 9.47 Å². The molecule has 180 valence electrons. The third-order valence-electron chi connectivity index (χ3n) is 4.63. The van der Waals surface area contributed by atoms with Gasteiger partial charge in [-0.2, -0.15) is 13.2 Å². The number of halogens is 4. The van der Waals surface area contributed by atoms with Crippen LogP contribution in [0.5, 0.6) is 11.6 Å². The van der Waals surface area contributed by atoms with Crippen LogP contribution in [0, 0.1) is 5.82 Å². The monoisotopic (exact) mass is 479 g/mol. The lowest BCUT2D eigenvalue weighted by Crippen LogP contribution is -2.17. The van der Waals surface area contributed by atoms with Crippen LogP contribution in [0.25, 0.3) is 11.1 Å². The van der Waals surface area contributed by atoms with Gasteiger partial charge in [-0.05, 0) is 43.2 Å². The number of carbonyl (C=O) groups is 1. The summed E-state index contributed by atoms with van der Waals surface area (Å²) in [5.74, 6) is -1.93. The van der Waals surface area contributed by atoms with Gasteiger partial charge in [0.25, 0.3) is 5.56 Å². The molecule has 3 rings (SSSR count). The van der Waals surface area contributed by atoms with Crippen LogP contribution in [0.2, 0.25) is 0 Å².